The standard InChI is InChI=1S/C15H22BrNO/c1-10-5-4-6-14(11(10)2)17-12-7-8-13(16)15(9-12)18-3/h7-11,14,17H,4-6H2,1-3H3. The van der Waals surface area contributed by atoms with Gasteiger partial charge in [-0.25, -0.2) is 0 Å². The molecule has 0 aliphatic heterocycles. The molecular weight excluding hydrogens is 290 g/mol. The van der Waals surface area contributed by atoms with Crippen molar-refractivity contribution < 1.29 is 4.74 Å². The zero-order valence-electron chi connectivity index (χ0n) is 11.4. The Kier molecular flexibility index (Phi) is 4.55. The maximum absolute atomic E-state index is 5.34. The summed E-state index contributed by atoms with van der Waals surface area (Å²) in [5.74, 6) is 2.43. The SMILES string of the molecule is COc1cc(NC2CCCC(C)C2C)ccc1Br. The van der Waals surface area contributed by atoms with E-state index < -0.39 is 0 Å². The van der Waals surface area contributed by atoms with Crippen molar-refractivity contribution in [3.63, 3.8) is 0 Å². The van der Waals surface area contributed by atoms with Gasteiger partial charge in [-0.2, -0.15) is 0 Å². The molecule has 0 heterocycles. The van der Waals surface area contributed by atoms with Crippen LogP contribution < -0.4 is 10.1 Å². The fourth-order valence-corrected chi connectivity index (χ4v) is 3.16. The lowest BCUT2D eigenvalue weighted by Crippen LogP contribution is -2.34. The molecule has 18 heavy (non-hydrogen) atoms. The highest BCUT2D eigenvalue weighted by molar-refractivity contribution is 9.10. The number of anilines is 1. The van der Waals surface area contributed by atoms with Crippen LogP contribution in [0.3, 0.4) is 0 Å². The molecule has 2 nitrogen and oxygen atoms in total. The highest BCUT2D eigenvalue weighted by Crippen LogP contribution is 2.33. The van der Waals surface area contributed by atoms with Crippen LogP contribution in [0, 0.1) is 11.8 Å². The quantitative estimate of drug-likeness (QED) is 0.874. The first-order chi connectivity index (χ1) is 8.61. The van der Waals surface area contributed by atoms with Gasteiger partial charge in [0, 0.05) is 17.8 Å². The van der Waals surface area contributed by atoms with Gasteiger partial charge in [-0.05, 0) is 46.3 Å². The van der Waals surface area contributed by atoms with E-state index in [0.717, 1.165) is 27.7 Å². The van der Waals surface area contributed by atoms with Crippen LogP contribution in [0.15, 0.2) is 22.7 Å². The summed E-state index contributed by atoms with van der Waals surface area (Å²) >= 11 is 3.48. The molecule has 0 radical (unpaired) electrons. The highest BCUT2D eigenvalue weighted by atomic mass is 79.9. The molecule has 1 aliphatic carbocycles. The van der Waals surface area contributed by atoms with Crippen LogP contribution in [0.4, 0.5) is 5.69 Å². The van der Waals surface area contributed by atoms with Crippen molar-refractivity contribution in [3.05, 3.63) is 22.7 Å². The normalized spacial score (nSPS) is 27.9. The monoisotopic (exact) mass is 311 g/mol. The first-order valence-corrected chi connectivity index (χ1v) is 7.51. The molecule has 1 saturated carbocycles. The van der Waals surface area contributed by atoms with Gasteiger partial charge in [-0.1, -0.05) is 26.7 Å². The first-order valence-electron chi connectivity index (χ1n) is 6.72. The minimum Gasteiger partial charge on any atom is -0.495 e. The molecular formula is C15H22BrNO. The Hall–Kier alpha value is -0.700. The maximum Gasteiger partial charge on any atom is 0.135 e. The number of benzene rings is 1. The van der Waals surface area contributed by atoms with E-state index >= 15 is 0 Å². The van der Waals surface area contributed by atoms with Crippen LogP contribution >= 0.6 is 15.9 Å². The van der Waals surface area contributed by atoms with Crippen LogP contribution in [0.25, 0.3) is 0 Å². The Bertz CT molecular complexity index is 407. The van der Waals surface area contributed by atoms with Crippen LogP contribution in [-0.4, -0.2) is 13.2 Å². The van der Waals surface area contributed by atoms with E-state index in [1.165, 1.54) is 19.3 Å². The maximum atomic E-state index is 5.34. The average Bonchev–Trinajstić information content (AvgIpc) is 2.37. The molecule has 1 fully saturated rings. The Morgan fingerprint density at radius 3 is 2.78 bits per heavy atom. The van der Waals surface area contributed by atoms with Crippen molar-refractivity contribution in [3.8, 4) is 5.75 Å². The first kappa shape index (κ1) is 13.7. The second kappa shape index (κ2) is 5.96. The van der Waals surface area contributed by atoms with Gasteiger partial charge in [0.15, 0.2) is 0 Å². The third-order valence-corrected chi connectivity index (χ3v) is 4.87. The van der Waals surface area contributed by atoms with Crippen molar-refractivity contribution in [2.75, 3.05) is 12.4 Å². The molecule has 2 rings (SSSR count). The summed E-state index contributed by atoms with van der Waals surface area (Å²) in [4.78, 5) is 0. The van der Waals surface area contributed by atoms with Crippen molar-refractivity contribution in [2.45, 2.75) is 39.2 Å². The van der Waals surface area contributed by atoms with Gasteiger partial charge in [-0.15, -0.1) is 0 Å². The molecule has 1 N–H and O–H groups in total. The molecule has 100 valence electrons. The van der Waals surface area contributed by atoms with Gasteiger partial charge in [0.2, 0.25) is 0 Å². The van der Waals surface area contributed by atoms with E-state index in [1.807, 2.05) is 6.07 Å². The second-order valence-corrected chi connectivity index (χ2v) is 6.22. The molecule has 0 saturated heterocycles. The van der Waals surface area contributed by atoms with E-state index in [1.54, 1.807) is 7.11 Å². The van der Waals surface area contributed by atoms with Crippen LogP contribution in [0.2, 0.25) is 0 Å². The van der Waals surface area contributed by atoms with Crippen molar-refractivity contribution in [1.29, 1.82) is 0 Å². The largest absolute Gasteiger partial charge is 0.495 e. The highest BCUT2D eigenvalue weighted by Gasteiger charge is 2.26. The molecule has 1 aromatic carbocycles. The lowest BCUT2D eigenvalue weighted by atomic mass is 9.78. The molecule has 0 spiro atoms. The number of ether oxygens (including phenoxy) is 1. The van der Waals surface area contributed by atoms with E-state index in [4.69, 9.17) is 4.74 Å². The van der Waals surface area contributed by atoms with Crippen molar-refractivity contribution in [1.82, 2.24) is 0 Å². The minimum atomic E-state index is 0.583. The zero-order valence-corrected chi connectivity index (χ0v) is 13.0. The van der Waals surface area contributed by atoms with Crippen molar-refractivity contribution in [2.24, 2.45) is 11.8 Å². The summed E-state index contributed by atoms with van der Waals surface area (Å²) in [6.45, 7) is 4.72. The van der Waals surface area contributed by atoms with Gasteiger partial charge >= 0.3 is 0 Å². The van der Waals surface area contributed by atoms with Crippen LogP contribution in [0.5, 0.6) is 5.75 Å². The minimum absolute atomic E-state index is 0.583. The summed E-state index contributed by atoms with van der Waals surface area (Å²) < 4.78 is 6.34. The lowest BCUT2D eigenvalue weighted by Gasteiger charge is -2.35. The summed E-state index contributed by atoms with van der Waals surface area (Å²) in [5, 5.41) is 3.66. The number of hydrogen-bond donors (Lipinski definition) is 1. The number of nitrogens with one attached hydrogen (secondary N) is 1. The van der Waals surface area contributed by atoms with Crippen LogP contribution in [0.1, 0.15) is 33.1 Å². The number of methoxy groups -OCH3 is 1. The predicted molar refractivity (Wildman–Crippen MR) is 80.3 cm³/mol. The van der Waals surface area contributed by atoms with E-state index in [0.29, 0.717) is 6.04 Å². The average molecular weight is 312 g/mol. The molecule has 0 bridgehead atoms. The molecule has 1 aliphatic rings. The Morgan fingerprint density at radius 2 is 2.06 bits per heavy atom. The van der Waals surface area contributed by atoms with E-state index in [9.17, 15) is 0 Å². The van der Waals surface area contributed by atoms with E-state index in [2.05, 4.69) is 47.2 Å². The number of halogens is 1. The van der Waals surface area contributed by atoms with Gasteiger partial charge in [-0.3, -0.25) is 0 Å². The van der Waals surface area contributed by atoms with Crippen LogP contribution in [-0.2, 0) is 0 Å². The smallest absolute Gasteiger partial charge is 0.135 e. The van der Waals surface area contributed by atoms with E-state index in [-0.39, 0.29) is 0 Å². The zero-order chi connectivity index (χ0) is 13.1. The topological polar surface area (TPSA) is 21.3 Å². The molecule has 3 unspecified atom stereocenters. The fourth-order valence-electron chi connectivity index (χ4n) is 2.75. The van der Waals surface area contributed by atoms with Gasteiger partial charge in [0.1, 0.15) is 5.75 Å². The molecule has 1 aromatic rings. The predicted octanol–water partition coefficient (Wildman–Crippen LogP) is 4.69. The third kappa shape index (κ3) is 3.00. The molecule has 3 heteroatoms. The lowest BCUT2D eigenvalue weighted by molar-refractivity contribution is 0.253. The van der Waals surface area contributed by atoms with Gasteiger partial charge in [0.25, 0.3) is 0 Å². The molecule has 0 amide bonds. The summed E-state index contributed by atoms with van der Waals surface area (Å²) in [6.07, 6.45) is 3.96. The summed E-state index contributed by atoms with van der Waals surface area (Å²) in [6, 6.07) is 6.80. The number of rotatable bonds is 3. The Balaban J connectivity index is 2.09. The third-order valence-electron chi connectivity index (χ3n) is 4.21. The Labute approximate surface area is 118 Å². The van der Waals surface area contributed by atoms with Gasteiger partial charge in [0.05, 0.1) is 11.6 Å². The van der Waals surface area contributed by atoms with Crippen molar-refractivity contribution >= 4 is 21.6 Å². The summed E-state index contributed by atoms with van der Waals surface area (Å²) in [5.41, 5.74) is 1.15. The molecule has 3 atom stereocenters. The Morgan fingerprint density at radius 1 is 1.28 bits per heavy atom. The number of hydrogen-bond acceptors (Lipinski definition) is 2. The summed E-state index contributed by atoms with van der Waals surface area (Å²) in [7, 11) is 1.70. The van der Waals surface area contributed by atoms with Gasteiger partial charge < -0.3 is 10.1 Å². The molecule has 0 aromatic heterocycles. The fraction of sp³-hybridized carbons (Fsp3) is 0.600. The second-order valence-electron chi connectivity index (χ2n) is 5.37.